The fourth-order valence-corrected chi connectivity index (χ4v) is 3.33. The lowest BCUT2D eigenvalue weighted by atomic mass is 10.2. The topological polar surface area (TPSA) is 69.0 Å². The van der Waals surface area contributed by atoms with Gasteiger partial charge in [0.05, 0.1) is 12.8 Å². The third-order valence-electron chi connectivity index (χ3n) is 4.29. The molecule has 150 valence electrons. The lowest BCUT2D eigenvalue weighted by molar-refractivity contribution is 0.101. The summed E-state index contributed by atoms with van der Waals surface area (Å²) >= 11 is 9.60. The molecule has 6 nitrogen and oxygen atoms in total. The average Bonchev–Trinajstić information content (AvgIpc) is 3.20. The zero-order chi connectivity index (χ0) is 21.1. The molecule has 1 heterocycles. The van der Waals surface area contributed by atoms with Gasteiger partial charge in [0.25, 0.3) is 5.91 Å². The molecule has 0 saturated heterocycles. The van der Waals surface area contributed by atoms with E-state index in [1.165, 1.54) is 0 Å². The first kappa shape index (κ1) is 20.1. The standard InChI is InChI=1S/C22H16BrClN4O2/c1-30-19-7-3-6-17(13-19)25-22(29)20-26-21(14-4-2-5-16(24)12-14)28(27-20)18-10-8-15(23)9-11-18/h2-13H,1H3,(H,25,29). The quantitative estimate of drug-likeness (QED) is 0.400. The molecular formula is C22H16BrClN4O2. The van der Waals surface area contributed by atoms with Crippen molar-refractivity contribution >= 4 is 39.1 Å². The molecule has 0 aliphatic rings. The van der Waals surface area contributed by atoms with Crippen molar-refractivity contribution in [1.29, 1.82) is 0 Å². The van der Waals surface area contributed by atoms with Gasteiger partial charge in [-0.05, 0) is 48.5 Å². The third-order valence-corrected chi connectivity index (χ3v) is 5.06. The van der Waals surface area contributed by atoms with Crippen molar-refractivity contribution in [2.45, 2.75) is 0 Å². The fourth-order valence-electron chi connectivity index (χ4n) is 2.87. The normalized spacial score (nSPS) is 10.6. The Morgan fingerprint density at radius 1 is 1.07 bits per heavy atom. The van der Waals surface area contributed by atoms with E-state index in [0.29, 0.717) is 22.3 Å². The van der Waals surface area contributed by atoms with Crippen LogP contribution in [0, 0.1) is 0 Å². The van der Waals surface area contributed by atoms with Gasteiger partial charge in [-0.25, -0.2) is 9.67 Å². The molecule has 0 atom stereocenters. The van der Waals surface area contributed by atoms with Crippen LogP contribution < -0.4 is 10.1 Å². The molecule has 0 bridgehead atoms. The van der Waals surface area contributed by atoms with Crippen LogP contribution in [0.25, 0.3) is 17.1 Å². The molecular weight excluding hydrogens is 468 g/mol. The van der Waals surface area contributed by atoms with Gasteiger partial charge < -0.3 is 10.1 Å². The number of rotatable bonds is 5. The maximum atomic E-state index is 12.8. The second-order valence-corrected chi connectivity index (χ2v) is 7.70. The van der Waals surface area contributed by atoms with Crippen LogP contribution in [0.2, 0.25) is 5.02 Å². The lowest BCUT2D eigenvalue weighted by Gasteiger charge is -2.06. The molecule has 30 heavy (non-hydrogen) atoms. The van der Waals surface area contributed by atoms with Crippen molar-refractivity contribution in [3.8, 4) is 22.8 Å². The first-order valence-electron chi connectivity index (χ1n) is 8.98. The zero-order valence-corrected chi connectivity index (χ0v) is 18.2. The van der Waals surface area contributed by atoms with E-state index in [4.69, 9.17) is 16.3 Å². The SMILES string of the molecule is COc1cccc(NC(=O)c2nc(-c3cccc(Cl)c3)n(-c3ccc(Br)cc3)n2)c1. The summed E-state index contributed by atoms with van der Waals surface area (Å²) in [7, 11) is 1.57. The molecule has 1 aromatic heterocycles. The predicted octanol–water partition coefficient (Wildman–Crippen LogP) is 5.61. The molecule has 8 heteroatoms. The van der Waals surface area contributed by atoms with Gasteiger partial charge in [-0.1, -0.05) is 45.7 Å². The fraction of sp³-hybridized carbons (Fsp3) is 0.0455. The van der Waals surface area contributed by atoms with Crippen molar-refractivity contribution < 1.29 is 9.53 Å². The van der Waals surface area contributed by atoms with E-state index in [1.807, 2.05) is 36.4 Å². The number of amides is 1. The number of carbonyl (C=O) groups excluding carboxylic acids is 1. The van der Waals surface area contributed by atoms with Gasteiger partial charge in [0, 0.05) is 26.8 Å². The molecule has 0 fully saturated rings. The number of hydrogen-bond acceptors (Lipinski definition) is 4. The number of nitrogens with zero attached hydrogens (tertiary/aromatic N) is 3. The van der Waals surface area contributed by atoms with E-state index in [1.54, 1.807) is 48.2 Å². The number of methoxy groups -OCH3 is 1. The molecule has 1 N–H and O–H groups in total. The van der Waals surface area contributed by atoms with E-state index in [-0.39, 0.29) is 5.82 Å². The number of benzene rings is 3. The van der Waals surface area contributed by atoms with Crippen molar-refractivity contribution in [1.82, 2.24) is 14.8 Å². The smallest absolute Gasteiger partial charge is 0.295 e. The minimum Gasteiger partial charge on any atom is -0.497 e. The molecule has 0 aliphatic heterocycles. The van der Waals surface area contributed by atoms with E-state index >= 15 is 0 Å². The number of halogens is 2. The van der Waals surface area contributed by atoms with Gasteiger partial charge in [0.2, 0.25) is 5.82 Å². The highest BCUT2D eigenvalue weighted by Crippen LogP contribution is 2.25. The van der Waals surface area contributed by atoms with Crippen LogP contribution in [0.15, 0.2) is 77.3 Å². The molecule has 4 aromatic rings. The van der Waals surface area contributed by atoms with Crippen LogP contribution in [0.5, 0.6) is 5.75 Å². The average molecular weight is 484 g/mol. The first-order chi connectivity index (χ1) is 14.5. The molecule has 0 spiro atoms. The number of carbonyl (C=O) groups is 1. The summed E-state index contributed by atoms with van der Waals surface area (Å²) in [4.78, 5) is 17.3. The summed E-state index contributed by atoms with van der Waals surface area (Å²) in [5, 5.41) is 7.83. The molecule has 3 aromatic carbocycles. The Morgan fingerprint density at radius 2 is 1.83 bits per heavy atom. The Kier molecular flexibility index (Phi) is 5.83. The number of anilines is 1. The number of nitrogens with one attached hydrogen (secondary N) is 1. The Labute approximate surface area is 186 Å². The summed E-state index contributed by atoms with van der Waals surface area (Å²) in [6, 6.07) is 21.9. The molecule has 0 unspecified atom stereocenters. The lowest BCUT2D eigenvalue weighted by Crippen LogP contribution is -2.14. The number of ether oxygens (including phenoxy) is 1. The van der Waals surface area contributed by atoms with Crippen LogP contribution in [-0.2, 0) is 0 Å². The first-order valence-corrected chi connectivity index (χ1v) is 10.1. The molecule has 0 saturated carbocycles. The molecule has 4 rings (SSSR count). The summed E-state index contributed by atoms with van der Waals surface area (Å²) in [6.45, 7) is 0. The van der Waals surface area contributed by atoms with E-state index in [2.05, 4.69) is 31.3 Å². The summed E-state index contributed by atoms with van der Waals surface area (Å²) in [5.74, 6) is 0.759. The summed E-state index contributed by atoms with van der Waals surface area (Å²) in [6.07, 6.45) is 0. The third kappa shape index (κ3) is 4.37. The minimum absolute atomic E-state index is 0.0377. The Bertz CT molecular complexity index is 1210. The highest BCUT2D eigenvalue weighted by Gasteiger charge is 2.19. The Hall–Kier alpha value is -3.16. The second kappa shape index (κ2) is 8.69. The maximum Gasteiger partial charge on any atom is 0.295 e. The number of hydrogen-bond donors (Lipinski definition) is 1. The summed E-state index contributed by atoms with van der Waals surface area (Å²) in [5.41, 5.74) is 2.10. The Morgan fingerprint density at radius 3 is 2.57 bits per heavy atom. The largest absolute Gasteiger partial charge is 0.497 e. The van der Waals surface area contributed by atoms with E-state index in [9.17, 15) is 4.79 Å². The van der Waals surface area contributed by atoms with Crippen LogP contribution in [0.4, 0.5) is 5.69 Å². The van der Waals surface area contributed by atoms with Gasteiger partial charge in [-0.3, -0.25) is 4.79 Å². The van der Waals surface area contributed by atoms with Crippen molar-refractivity contribution in [2.75, 3.05) is 12.4 Å². The predicted molar refractivity (Wildman–Crippen MR) is 120 cm³/mol. The monoisotopic (exact) mass is 482 g/mol. The number of aromatic nitrogens is 3. The zero-order valence-electron chi connectivity index (χ0n) is 15.8. The maximum absolute atomic E-state index is 12.8. The summed E-state index contributed by atoms with van der Waals surface area (Å²) < 4.78 is 7.76. The highest BCUT2D eigenvalue weighted by atomic mass is 79.9. The highest BCUT2D eigenvalue weighted by molar-refractivity contribution is 9.10. The van der Waals surface area contributed by atoms with Crippen molar-refractivity contribution in [3.05, 3.63) is 88.1 Å². The van der Waals surface area contributed by atoms with Gasteiger partial charge in [-0.15, -0.1) is 5.10 Å². The van der Waals surface area contributed by atoms with E-state index in [0.717, 1.165) is 15.7 Å². The molecule has 1 amide bonds. The van der Waals surface area contributed by atoms with Gasteiger partial charge in [0.15, 0.2) is 5.82 Å². The van der Waals surface area contributed by atoms with Crippen molar-refractivity contribution in [3.63, 3.8) is 0 Å². The van der Waals surface area contributed by atoms with Crippen LogP contribution in [-0.4, -0.2) is 27.8 Å². The van der Waals surface area contributed by atoms with E-state index < -0.39 is 5.91 Å². The second-order valence-electron chi connectivity index (χ2n) is 6.34. The molecule has 0 aliphatic carbocycles. The molecule has 0 radical (unpaired) electrons. The van der Waals surface area contributed by atoms with Gasteiger partial charge >= 0.3 is 0 Å². The van der Waals surface area contributed by atoms with Gasteiger partial charge in [0.1, 0.15) is 5.75 Å². The van der Waals surface area contributed by atoms with Crippen LogP contribution in [0.3, 0.4) is 0 Å². The Balaban J connectivity index is 1.74. The minimum atomic E-state index is -0.428. The van der Waals surface area contributed by atoms with Crippen molar-refractivity contribution in [2.24, 2.45) is 0 Å². The van der Waals surface area contributed by atoms with Crippen LogP contribution in [0.1, 0.15) is 10.6 Å². The van der Waals surface area contributed by atoms with Crippen LogP contribution >= 0.6 is 27.5 Å². The van der Waals surface area contributed by atoms with Gasteiger partial charge in [-0.2, -0.15) is 0 Å².